The zero-order valence-electron chi connectivity index (χ0n) is 13.1. The van der Waals surface area contributed by atoms with Gasteiger partial charge < -0.3 is 5.32 Å². The normalized spacial score (nSPS) is 20.4. The second kappa shape index (κ2) is 5.54. The Bertz CT molecular complexity index is 814. The minimum atomic E-state index is -0.0204. The molecule has 0 saturated carbocycles. The summed E-state index contributed by atoms with van der Waals surface area (Å²) in [5.74, 6) is 1.10. The lowest BCUT2D eigenvalue weighted by Gasteiger charge is -2.30. The molecule has 2 aliphatic rings. The number of aryl methyl sites for hydroxylation is 1. The van der Waals surface area contributed by atoms with Gasteiger partial charge in [0.25, 0.3) is 0 Å². The van der Waals surface area contributed by atoms with Crippen LogP contribution in [0, 0.1) is 6.92 Å². The highest BCUT2D eigenvalue weighted by Gasteiger charge is 2.35. The zero-order chi connectivity index (χ0) is 15.8. The van der Waals surface area contributed by atoms with Gasteiger partial charge in [-0.2, -0.15) is 5.10 Å². The smallest absolute Gasteiger partial charge is 0.161 e. The van der Waals surface area contributed by atoms with E-state index >= 15 is 0 Å². The van der Waals surface area contributed by atoms with Crippen LogP contribution in [0.2, 0.25) is 0 Å². The summed E-state index contributed by atoms with van der Waals surface area (Å²) in [6.45, 7) is 2.01. The Hall–Kier alpha value is -2.62. The van der Waals surface area contributed by atoms with Gasteiger partial charge in [0.05, 0.1) is 0 Å². The Labute approximate surface area is 135 Å². The lowest BCUT2D eigenvalue weighted by molar-refractivity contribution is -0.116. The second-order valence-electron chi connectivity index (χ2n) is 6.15. The summed E-state index contributed by atoms with van der Waals surface area (Å²) in [7, 11) is 0. The fourth-order valence-corrected chi connectivity index (χ4v) is 3.52. The first-order valence-electron chi connectivity index (χ1n) is 8.05. The van der Waals surface area contributed by atoms with Crippen molar-refractivity contribution in [3.05, 3.63) is 64.5 Å². The van der Waals surface area contributed by atoms with E-state index in [9.17, 15) is 4.79 Å². The van der Waals surface area contributed by atoms with Crippen molar-refractivity contribution < 1.29 is 4.79 Å². The molecule has 0 saturated heterocycles. The maximum absolute atomic E-state index is 12.5. The molecule has 2 aromatic rings. The lowest BCUT2D eigenvalue weighted by atomic mass is 9.79. The molecule has 1 atom stereocenters. The van der Waals surface area contributed by atoms with Crippen molar-refractivity contribution >= 4 is 17.7 Å². The summed E-state index contributed by atoms with van der Waals surface area (Å²) in [5.41, 5.74) is 5.20. The number of aromatic nitrogens is 2. The number of nitrogens with one attached hydrogen (secondary N) is 2. The standard InChI is InChI=1S/C19H19N3O/c1-12-17-14(11-10-13-6-3-2-4-7-13)18-15(8-5-9-16(18)23)20-19(17)22-21-12/h2-4,6-7,10-11,14H,5,8-9H2,1H3,(H2,20,21,22)/b11-10+. The quantitative estimate of drug-likeness (QED) is 0.883. The van der Waals surface area contributed by atoms with E-state index in [4.69, 9.17) is 0 Å². The third-order valence-electron chi connectivity index (χ3n) is 4.62. The van der Waals surface area contributed by atoms with Gasteiger partial charge in [0.1, 0.15) is 0 Å². The van der Waals surface area contributed by atoms with E-state index in [0.29, 0.717) is 6.42 Å². The molecule has 1 aliphatic heterocycles. The van der Waals surface area contributed by atoms with Crippen LogP contribution in [0.5, 0.6) is 0 Å². The Balaban J connectivity index is 1.80. The fourth-order valence-electron chi connectivity index (χ4n) is 3.52. The molecule has 1 aromatic carbocycles. The Morgan fingerprint density at radius 1 is 1.22 bits per heavy atom. The van der Waals surface area contributed by atoms with Gasteiger partial charge in [-0.25, -0.2) is 0 Å². The highest BCUT2D eigenvalue weighted by Crippen LogP contribution is 2.43. The summed E-state index contributed by atoms with van der Waals surface area (Å²) < 4.78 is 0. The number of rotatable bonds is 2. The summed E-state index contributed by atoms with van der Waals surface area (Å²) in [4.78, 5) is 12.5. The molecule has 1 aromatic heterocycles. The van der Waals surface area contributed by atoms with Crippen LogP contribution < -0.4 is 5.32 Å². The van der Waals surface area contributed by atoms with Gasteiger partial charge in [-0.05, 0) is 25.3 Å². The van der Waals surface area contributed by atoms with Gasteiger partial charge in [-0.15, -0.1) is 0 Å². The number of nitrogens with zero attached hydrogens (tertiary/aromatic N) is 1. The third kappa shape index (κ3) is 2.40. The van der Waals surface area contributed by atoms with Crippen LogP contribution in [0.25, 0.3) is 6.08 Å². The molecule has 0 fully saturated rings. The average molecular weight is 305 g/mol. The van der Waals surface area contributed by atoms with Crippen molar-refractivity contribution in [2.24, 2.45) is 0 Å². The number of allylic oxidation sites excluding steroid dienone is 3. The molecule has 2 heterocycles. The van der Waals surface area contributed by atoms with Crippen LogP contribution in [-0.2, 0) is 4.79 Å². The zero-order valence-corrected chi connectivity index (χ0v) is 13.1. The lowest BCUT2D eigenvalue weighted by Crippen LogP contribution is -2.25. The molecule has 2 N–H and O–H groups in total. The number of carbonyl (C=O) groups is 1. The Morgan fingerprint density at radius 2 is 2.04 bits per heavy atom. The van der Waals surface area contributed by atoms with Crippen LogP contribution in [0.4, 0.5) is 5.82 Å². The number of fused-ring (bicyclic) bond motifs is 1. The van der Waals surface area contributed by atoms with Gasteiger partial charge in [-0.3, -0.25) is 9.89 Å². The predicted molar refractivity (Wildman–Crippen MR) is 91.0 cm³/mol. The number of anilines is 1. The van der Waals surface area contributed by atoms with Crippen molar-refractivity contribution in [2.75, 3.05) is 5.32 Å². The summed E-state index contributed by atoms with van der Waals surface area (Å²) in [6.07, 6.45) is 6.71. The van der Waals surface area contributed by atoms with E-state index in [0.717, 1.165) is 46.8 Å². The number of H-pyrrole nitrogens is 1. The third-order valence-corrected chi connectivity index (χ3v) is 4.62. The van der Waals surface area contributed by atoms with Gasteiger partial charge in [-0.1, -0.05) is 42.5 Å². The number of Topliss-reactive ketones (excluding diaryl/α,β-unsaturated/α-hetero) is 1. The number of hydrogen-bond donors (Lipinski definition) is 2. The molecule has 0 radical (unpaired) electrons. The average Bonchev–Trinajstić information content (AvgIpc) is 2.94. The first kappa shape index (κ1) is 14.0. The van der Waals surface area contributed by atoms with E-state index in [1.165, 1.54) is 0 Å². The molecule has 4 heteroatoms. The van der Waals surface area contributed by atoms with Crippen molar-refractivity contribution in [3.63, 3.8) is 0 Å². The molecule has 4 rings (SSSR count). The molecule has 0 spiro atoms. The number of benzene rings is 1. The SMILES string of the molecule is Cc1[nH]nc2c1C(/C=C/c1ccccc1)C1=C(CCCC1=O)N2. The first-order valence-corrected chi connectivity index (χ1v) is 8.05. The summed E-state index contributed by atoms with van der Waals surface area (Å²) >= 11 is 0. The maximum atomic E-state index is 12.5. The highest BCUT2D eigenvalue weighted by molar-refractivity contribution is 6.00. The summed E-state index contributed by atoms with van der Waals surface area (Å²) in [5, 5.41) is 10.8. The predicted octanol–water partition coefficient (Wildman–Crippen LogP) is 3.95. The van der Waals surface area contributed by atoms with Gasteiger partial charge in [0.2, 0.25) is 0 Å². The van der Waals surface area contributed by atoms with E-state index in [1.807, 2.05) is 25.1 Å². The number of hydrogen-bond acceptors (Lipinski definition) is 3. The van der Waals surface area contributed by atoms with E-state index < -0.39 is 0 Å². The monoisotopic (exact) mass is 305 g/mol. The van der Waals surface area contributed by atoms with E-state index in [2.05, 4.69) is 39.8 Å². The molecule has 23 heavy (non-hydrogen) atoms. The maximum Gasteiger partial charge on any atom is 0.161 e. The first-order chi connectivity index (χ1) is 11.2. The molecular weight excluding hydrogens is 286 g/mol. The van der Waals surface area contributed by atoms with Crippen molar-refractivity contribution in [2.45, 2.75) is 32.1 Å². The molecule has 1 unspecified atom stereocenters. The van der Waals surface area contributed by atoms with Crippen molar-refractivity contribution in [3.8, 4) is 0 Å². The van der Waals surface area contributed by atoms with Crippen LogP contribution in [-0.4, -0.2) is 16.0 Å². The van der Waals surface area contributed by atoms with Gasteiger partial charge in [0.15, 0.2) is 11.6 Å². The fraction of sp³-hybridized carbons (Fsp3) is 0.263. The second-order valence-corrected chi connectivity index (χ2v) is 6.15. The van der Waals surface area contributed by atoms with Gasteiger partial charge in [0, 0.05) is 34.9 Å². The molecular formula is C19H19N3O. The summed E-state index contributed by atoms with van der Waals surface area (Å²) in [6, 6.07) is 10.2. The molecule has 1 aliphatic carbocycles. The number of carbonyl (C=O) groups excluding carboxylic acids is 1. The highest BCUT2D eigenvalue weighted by atomic mass is 16.1. The number of aromatic amines is 1. The van der Waals surface area contributed by atoms with Gasteiger partial charge >= 0.3 is 0 Å². The molecule has 0 bridgehead atoms. The van der Waals surface area contributed by atoms with Crippen LogP contribution in [0.1, 0.15) is 42.0 Å². The Morgan fingerprint density at radius 3 is 2.87 bits per heavy atom. The van der Waals surface area contributed by atoms with Crippen LogP contribution in [0.15, 0.2) is 47.7 Å². The molecule has 0 amide bonds. The van der Waals surface area contributed by atoms with Crippen molar-refractivity contribution in [1.82, 2.24) is 10.2 Å². The van der Waals surface area contributed by atoms with Crippen LogP contribution in [0.3, 0.4) is 0 Å². The minimum Gasteiger partial charge on any atom is -0.342 e. The van der Waals surface area contributed by atoms with Crippen molar-refractivity contribution in [1.29, 1.82) is 0 Å². The minimum absolute atomic E-state index is 0.0204. The Kier molecular flexibility index (Phi) is 3.37. The van der Waals surface area contributed by atoms with E-state index in [-0.39, 0.29) is 11.7 Å². The number of ketones is 1. The largest absolute Gasteiger partial charge is 0.342 e. The molecule has 116 valence electrons. The van der Waals surface area contributed by atoms with Crippen LogP contribution >= 0.6 is 0 Å². The molecule has 4 nitrogen and oxygen atoms in total. The topological polar surface area (TPSA) is 57.8 Å². The van der Waals surface area contributed by atoms with E-state index in [1.54, 1.807) is 0 Å².